The van der Waals surface area contributed by atoms with Crippen molar-refractivity contribution in [1.29, 1.82) is 0 Å². The average molecular weight is 386 g/mol. The fourth-order valence-electron chi connectivity index (χ4n) is 2.59. The Morgan fingerprint density at radius 2 is 1.71 bits per heavy atom. The van der Waals surface area contributed by atoms with E-state index in [1.54, 1.807) is 31.4 Å². The molecule has 2 aromatic carbocycles. The van der Waals surface area contributed by atoms with Crippen LogP contribution in [0.15, 0.2) is 42.5 Å². The highest BCUT2D eigenvalue weighted by molar-refractivity contribution is 5.94. The highest BCUT2D eigenvalue weighted by Gasteiger charge is 2.09. The zero-order valence-corrected chi connectivity index (χ0v) is 17.5. The van der Waals surface area contributed by atoms with Crippen LogP contribution in [0.1, 0.15) is 50.0 Å². The highest BCUT2D eigenvalue weighted by Crippen LogP contribution is 2.28. The van der Waals surface area contributed by atoms with Gasteiger partial charge in [0.1, 0.15) is 5.75 Å². The van der Waals surface area contributed by atoms with Crippen molar-refractivity contribution in [3.8, 4) is 17.2 Å². The molecule has 0 bridgehead atoms. The van der Waals surface area contributed by atoms with Gasteiger partial charge < -0.3 is 19.5 Å². The molecule has 0 heterocycles. The van der Waals surface area contributed by atoms with Crippen molar-refractivity contribution in [3.05, 3.63) is 53.6 Å². The standard InChI is InChI=1S/C23H31NO4/c1-16(2)12-13-27-21-11-6-18(14-22(21)26-5)15-24-23(25)19-7-9-20(10-8-19)28-17(3)4/h6-11,14,16-17H,12-13,15H2,1-5H3,(H,24,25). The van der Waals surface area contributed by atoms with Gasteiger partial charge in [0.05, 0.1) is 19.8 Å². The smallest absolute Gasteiger partial charge is 0.251 e. The van der Waals surface area contributed by atoms with Crippen molar-refractivity contribution < 1.29 is 19.0 Å². The van der Waals surface area contributed by atoms with Gasteiger partial charge in [-0.05, 0) is 68.1 Å². The van der Waals surface area contributed by atoms with Crippen LogP contribution in [0.2, 0.25) is 0 Å². The van der Waals surface area contributed by atoms with E-state index in [4.69, 9.17) is 14.2 Å². The molecule has 152 valence electrons. The lowest BCUT2D eigenvalue weighted by Crippen LogP contribution is -2.22. The lowest BCUT2D eigenvalue weighted by molar-refractivity contribution is 0.0951. The van der Waals surface area contributed by atoms with Crippen molar-refractivity contribution in [3.63, 3.8) is 0 Å². The molecular weight excluding hydrogens is 354 g/mol. The van der Waals surface area contributed by atoms with Gasteiger partial charge in [-0.25, -0.2) is 0 Å². The van der Waals surface area contributed by atoms with E-state index < -0.39 is 0 Å². The molecule has 2 aromatic rings. The van der Waals surface area contributed by atoms with Gasteiger partial charge in [-0.15, -0.1) is 0 Å². The molecule has 1 amide bonds. The number of carbonyl (C=O) groups is 1. The number of amides is 1. The van der Waals surface area contributed by atoms with E-state index in [1.165, 1.54) is 0 Å². The summed E-state index contributed by atoms with van der Waals surface area (Å²) in [6, 6.07) is 12.9. The summed E-state index contributed by atoms with van der Waals surface area (Å²) >= 11 is 0. The summed E-state index contributed by atoms with van der Waals surface area (Å²) in [6.07, 6.45) is 1.09. The molecule has 28 heavy (non-hydrogen) atoms. The molecule has 2 rings (SSSR count). The van der Waals surface area contributed by atoms with E-state index in [0.717, 1.165) is 23.5 Å². The molecule has 0 atom stereocenters. The van der Waals surface area contributed by atoms with Crippen molar-refractivity contribution in [2.24, 2.45) is 5.92 Å². The topological polar surface area (TPSA) is 56.8 Å². The highest BCUT2D eigenvalue weighted by atomic mass is 16.5. The maximum absolute atomic E-state index is 12.4. The maximum atomic E-state index is 12.4. The van der Waals surface area contributed by atoms with Crippen LogP contribution in [0.5, 0.6) is 17.2 Å². The summed E-state index contributed by atoms with van der Waals surface area (Å²) in [5, 5.41) is 2.93. The van der Waals surface area contributed by atoms with Gasteiger partial charge in [-0.2, -0.15) is 0 Å². The number of hydrogen-bond acceptors (Lipinski definition) is 4. The molecule has 0 aliphatic carbocycles. The zero-order chi connectivity index (χ0) is 20.5. The fourth-order valence-corrected chi connectivity index (χ4v) is 2.59. The Morgan fingerprint density at radius 3 is 2.32 bits per heavy atom. The molecule has 5 nitrogen and oxygen atoms in total. The summed E-state index contributed by atoms with van der Waals surface area (Å²) in [4.78, 5) is 12.4. The Balaban J connectivity index is 1.93. The van der Waals surface area contributed by atoms with Gasteiger partial charge >= 0.3 is 0 Å². The Bertz CT molecular complexity index is 754. The lowest BCUT2D eigenvalue weighted by Gasteiger charge is -2.13. The van der Waals surface area contributed by atoms with E-state index in [1.807, 2.05) is 32.0 Å². The van der Waals surface area contributed by atoms with Crippen LogP contribution >= 0.6 is 0 Å². The van der Waals surface area contributed by atoms with Crippen LogP contribution < -0.4 is 19.5 Å². The first-order valence-electron chi connectivity index (χ1n) is 9.73. The van der Waals surface area contributed by atoms with Crippen LogP contribution in [0, 0.1) is 5.92 Å². The molecule has 0 saturated heterocycles. The van der Waals surface area contributed by atoms with Gasteiger partial charge in [0.25, 0.3) is 5.91 Å². The van der Waals surface area contributed by atoms with Crippen LogP contribution in [0.3, 0.4) is 0 Å². The summed E-state index contributed by atoms with van der Waals surface area (Å²) in [5.74, 6) is 2.60. The van der Waals surface area contributed by atoms with Gasteiger partial charge in [-0.1, -0.05) is 19.9 Å². The summed E-state index contributed by atoms with van der Waals surface area (Å²) in [6.45, 7) is 9.33. The van der Waals surface area contributed by atoms with E-state index >= 15 is 0 Å². The van der Waals surface area contributed by atoms with Crippen LogP contribution in [0.4, 0.5) is 0 Å². The number of nitrogens with one attached hydrogen (secondary N) is 1. The SMILES string of the molecule is COc1cc(CNC(=O)c2ccc(OC(C)C)cc2)ccc1OCCC(C)C. The second-order valence-electron chi connectivity index (χ2n) is 7.39. The van der Waals surface area contributed by atoms with Crippen molar-refractivity contribution in [1.82, 2.24) is 5.32 Å². The quantitative estimate of drug-likeness (QED) is 0.636. The van der Waals surface area contributed by atoms with Gasteiger partial charge in [0.2, 0.25) is 0 Å². The minimum atomic E-state index is -0.132. The lowest BCUT2D eigenvalue weighted by atomic mass is 10.1. The Kier molecular flexibility index (Phi) is 8.18. The third-order valence-electron chi connectivity index (χ3n) is 4.12. The summed E-state index contributed by atoms with van der Waals surface area (Å²) in [7, 11) is 1.62. The largest absolute Gasteiger partial charge is 0.493 e. The molecular formula is C23H31NO4. The predicted octanol–water partition coefficient (Wildman–Crippen LogP) is 4.84. The van der Waals surface area contributed by atoms with E-state index in [0.29, 0.717) is 30.4 Å². The molecule has 1 N–H and O–H groups in total. The normalized spacial score (nSPS) is 10.8. The minimum absolute atomic E-state index is 0.104. The number of carbonyl (C=O) groups excluding carboxylic acids is 1. The molecule has 0 fully saturated rings. The first-order valence-corrected chi connectivity index (χ1v) is 9.73. The Hall–Kier alpha value is -2.69. The van der Waals surface area contributed by atoms with Gasteiger partial charge in [0.15, 0.2) is 11.5 Å². The van der Waals surface area contributed by atoms with Crippen LogP contribution in [-0.4, -0.2) is 25.7 Å². The third-order valence-corrected chi connectivity index (χ3v) is 4.12. The monoisotopic (exact) mass is 385 g/mol. The number of ether oxygens (including phenoxy) is 3. The number of benzene rings is 2. The van der Waals surface area contributed by atoms with E-state index in [2.05, 4.69) is 19.2 Å². The van der Waals surface area contributed by atoms with Crippen molar-refractivity contribution in [2.45, 2.75) is 46.8 Å². The number of methoxy groups -OCH3 is 1. The molecule has 0 aromatic heterocycles. The first kappa shape index (κ1) is 21.6. The van der Waals surface area contributed by atoms with E-state index in [9.17, 15) is 4.79 Å². The average Bonchev–Trinajstić information content (AvgIpc) is 2.66. The molecule has 0 saturated carbocycles. The van der Waals surface area contributed by atoms with Crippen molar-refractivity contribution in [2.75, 3.05) is 13.7 Å². The second kappa shape index (κ2) is 10.6. The predicted molar refractivity (Wildman–Crippen MR) is 111 cm³/mol. The Labute approximate surface area is 168 Å². The minimum Gasteiger partial charge on any atom is -0.493 e. The summed E-state index contributed by atoms with van der Waals surface area (Å²) < 4.78 is 16.8. The molecule has 0 aliphatic rings. The molecule has 0 spiro atoms. The number of rotatable bonds is 10. The van der Waals surface area contributed by atoms with Gasteiger partial charge in [0, 0.05) is 12.1 Å². The summed E-state index contributed by atoms with van der Waals surface area (Å²) in [5.41, 5.74) is 1.54. The van der Waals surface area contributed by atoms with E-state index in [-0.39, 0.29) is 12.0 Å². The van der Waals surface area contributed by atoms with Crippen LogP contribution in [0.25, 0.3) is 0 Å². The Morgan fingerprint density at radius 1 is 1.00 bits per heavy atom. The number of hydrogen-bond donors (Lipinski definition) is 1. The molecule has 5 heteroatoms. The van der Waals surface area contributed by atoms with Crippen molar-refractivity contribution >= 4 is 5.91 Å². The van der Waals surface area contributed by atoms with Crippen LogP contribution in [-0.2, 0) is 6.54 Å². The zero-order valence-electron chi connectivity index (χ0n) is 17.5. The molecule has 0 radical (unpaired) electrons. The first-order chi connectivity index (χ1) is 13.4. The molecule has 0 unspecified atom stereocenters. The maximum Gasteiger partial charge on any atom is 0.251 e. The van der Waals surface area contributed by atoms with Gasteiger partial charge in [-0.3, -0.25) is 4.79 Å². The second-order valence-corrected chi connectivity index (χ2v) is 7.39. The third kappa shape index (κ3) is 6.80. The molecule has 0 aliphatic heterocycles. The fraction of sp³-hybridized carbons (Fsp3) is 0.435.